The standard InChI is InChI=1S/C22H28F3N5O3/c23-22(24,25)15-4-5-17(26-14-15)29-11-6-16(7-12-29)27-18(31)8-13-30-19(32)21(28-20(30)33)9-2-1-3-10-21/h4-5,14,16H,1-3,6-13H2,(H,27,31)(H,28,33). The summed E-state index contributed by atoms with van der Waals surface area (Å²) in [5.41, 5.74) is -1.57. The number of nitrogens with zero attached hydrogens (tertiary/aromatic N) is 3. The Bertz CT molecular complexity index is 892. The average molecular weight is 467 g/mol. The lowest BCUT2D eigenvalue weighted by molar-refractivity contribution is -0.138. The summed E-state index contributed by atoms with van der Waals surface area (Å²) >= 11 is 0. The minimum atomic E-state index is -4.42. The molecule has 4 rings (SSSR count). The lowest BCUT2D eigenvalue weighted by Crippen LogP contribution is -2.48. The van der Waals surface area contributed by atoms with Gasteiger partial charge in [0, 0.05) is 38.3 Å². The lowest BCUT2D eigenvalue weighted by atomic mass is 9.82. The predicted molar refractivity (Wildman–Crippen MR) is 113 cm³/mol. The quantitative estimate of drug-likeness (QED) is 0.650. The van der Waals surface area contributed by atoms with Gasteiger partial charge in [0.25, 0.3) is 5.91 Å². The van der Waals surface area contributed by atoms with Gasteiger partial charge >= 0.3 is 12.2 Å². The van der Waals surface area contributed by atoms with E-state index in [0.717, 1.165) is 36.4 Å². The Morgan fingerprint density at radius 2 is 1.85 bits per heavy atom. The van der Waals surface area contributed by atoms with Gasteiger partial charge in [-0.15, -0.1) is 0 Å². The number of rotatable bonds is 5. The fourth-order valence-electron chi connectivity index (χ4n) is 4.88. The lowest BCUT2D eigenvalue weighted by Gasteiger charge is -2.33. The van der Waals surface area contributed by atoms with Crippen molar-refractivity contribution in [3.8, 4) is 0 Å². The van der Waals surface area contributed by atoms with Gasteiger partial charge in [0.1, 0.15) is 11.4 Å². The van der Waals surface area contributed by atoms with Gasteiger partial charge in [0.05, 0.1) is 5.56 Å². The SMILES string of the molecule is O=C(CCN1C(=O)NC2(CCCCC2)C1=O)NC1CCN(c2ccc(C(F)(F)F)cn2)CC1. The first-order chi connectivity index (χ1) is 15.7. The van der Waals surface area contributed by atoms with Crippen LogP contribution in [0.25, 0.3) is 0 Å². The van der Waals surface area contributed by atoms with Crippen LogP contribution in [0.15, 0.2) is 18.3 Å². The fraction of sp³-hybridized carbons (Fsp3) is 0.636. The molecule has 1 aromatic heterocycles. The molecule has 0 aromatic carbocycles. The Labute approximate surface area is 189 Å². The maximum atomic E-state index is 12.8. The van der Waals surface area contributed by atoms with Gasteiger partial charge in [-0.3, -0.25) is 14.5 Å². The number of hydrogen-bond acceptors (Lipinski definition) is 5. The third-order valence-electron chi connectivity index (χ3n) is 6.77. The van der Waals surface area contributed by atoms with Crippen molar-refractivity contribution in [1.29, 1.82) is 0 Å². The number of pyridine rings is 1. The molecule has 1 saturated carbocycles. The molecule has 3 heterocycles. The zero-order chi connectivity index (χ0) is 23.6. The highest BCUT2D eigenvalue weighted by molar-refractivity contribution is 6.07. The van der Waals surface area contributed by atoms with E-state index in [9.17, 15) is 27.6 Å². The second-order valence-corrected chi connectivity index (χ2v) is 9.01. The molecule has 2 N–H and O–H groups in total. The molecule has 0 radical (unpaired) electrons. The number of carbonyl (C=O) groups is 3. The molecule has 1 aromatic rings. The molecule has 0 unspecified atom stereocenters. The predicted octanol–water partition coefficient (Wildman–Crippen LogP) is 2.83. The zero-order valence-corrected chi connectivity index (χ0v) is 18.3. The van der Waals surface area contributed by atoms with Crippen molar-refractivity contribution in [2.45, 2.75) is 69.1 Å². The molecule has 33 heavy (non-hydrogen) atoms. The third-order valence-corrected chi connectivity index (χ3v) is 6.77. The molecule has 2 aliphatic heterocycles. The van der Waals surface area contributed by atoms with Crippen molar-refractivity contribution in [2.75, 3.05) is 24.5 Å². The number of piperidine rings is 1. The van der Waals surface area contributed by atoms with Crippen LogP contribution in [0.4, 0.5) is 23.8 Å². The summed E-state index contributed by atoms with van der Waals surface area (Å²) in [5.74, 6) is 0.0200. The molecule has 3 aliphatic rings. The minimum absolute atomic E-state index is 0.0376. The van der Waals surface area contributed by atoms with Crippen molar-refractivity contribution in [3.63, 3.8) is 0 Å². The maximum absolute atomic E-state index is 12.8. The molecule has 180 valence electrons. The monoisotopic (exact) mass is 467 g/mol. The molecule has 2 saturated heterocycles. The van der Waals surface area contributed by atoms with E-state index < -0.39 is 23.3 Å². The van der Waals surface area contributed by atoms with E-state index in [0.29, 0.717) is 44.6 Å². The first kappa shape index (κ1) is 23.3. The Kier molecular flexibility index (Phi) is 6.49. The summed E-state index contributed by atoms with van der Waals surface area (Å²) in [7, 11) is 0. The van der Waals surface area contributed by atoms with Crippen molar-refractivity contribution in [3.05, 3.63) is 23.9 Å². The van der Waals surface area contributed by atoms with Crippen molar-refractivity contribution < 1.29 is 27.6 Å². The summed E-state index contributed by atoms with van der Waals surface area (Å²) < 4.78 is 38.1. The van der Waals surface area contributed by atoms with Crippen LogP contribution in [0.5, 0.6) is 0 Å². The van der Waals surface area contributed by atoms with Crippen LogP contribution in [-0.2, 0) is 15.8 Å². The number of imide groups is 1. The Balaban J connectivity index is 1.22. The Hall–Kier alpha value is -2.85. The number of aromatic nitrogens is 1. The number of urea groups is 1. The number of alkyl halides is 3. The van der Waals surface area contributed by atoms with Crippen LogP contribution >= 0.6 is 0 Å². The molecular formula is C22H28F3N5O3. The molecule has 4 amide bonds. The van der Waals surface area contributed by atoms with E-state index in [-0.39, 0.29) is 30.8 Å². The first-order valence-electron chi connectivity index (χ1n) is 11.4. The first-order valence-corrected chi connectivity index (χ1v) is 11.4. The minimum Gasteiger partial charge on any atom is -0.356 e. The van der Waals surface area contributed by atoms with Gasteiger partial charge in [0.15, 0.2) is 0 Å². The zero-order valence-electron chi connectivity index (χ0n) is 18.3. The van der Waals surface area contributed by atoms with E-state index in [1.807, 2.05) is 4.90 Å². The van der Waals surface area contributed by atoms with E-state index in [2.05, 4.69) is 15.6 Å². The molecule has 0 atom stereocenters. The van der Waals surface area contributed by atoms with E-state index >= 15 is 0 Å². The van der Waals surface area contributed by atoms with Crippen LogP contribution in [0, 0.1) is 0 Å². The smallest absolute Gasteiger partial charge is 0.356 e. The number of amides is 4. The van der Waals surface area contributed by atoms with Gasteiger partial charge in [-0.2, -0.15) is 13.2 Å². The Morgan fingerprint density at radius 1 is 1.15 bits per heavy atom. The largest absolute Gasteiger partial charge is 0.417 e. The summed E-state index contributed by atoms with van der Waals surface area (Å²) in [5, 5.41) is 5.78. The normalized spacial score (nSPS) is 21.4. The van der Waals surface area contributed by atoms with E-state index in [1.54, 1.807) is 0 Å². The highest BCUT2D eigenvalue weighted by Crippen LogP contribution is 2.34. The van der Waals surface area contributed by atoms with Gasteiger partial charge in [-0.25, -0.2) is 9.78 Å². The van der Waals surface area contributed by atoms with Gasteiger partial charge in [-0.05, 0) is 37.8 Å². The third kappa shape index (κ3) is 5.06. The van der Waals surface area contributed by atoms with Gasteiger partial charge < -0.3 is 15.5 Å². The number of carbonyl (C=O) groups excluding carboxylic acids is 3. The number of hydrogen-bond donors (Lipinski definition) is 2. The molecule has 1 spiro atoms. The summed E-state index contributed by atoms with van der Waals surface area (Å²) in [4.78, 5) is 44.5. The molecule has 3 fully saturated rings. The van der Waals surface area contributed by atoms with E-state index in [1.165, 1.54) is 6.07 Å². The van der Waals surface area contributed by atoms with Crippen molar-refractivity contribution in [1.82, 2.24) is 20.5 Å². The van der Waals surface area contributed by atoms with Crippen LogP contribution < -0.4 is 15.5 Å². The highest BCUT2D eigenvalue weighted by atomic mass is 19.4. The van der Waals surface area contributed by atoms with Crippen LogP contribution in [-0.4, -0.2) is 58.9 Å². The molecule has 8 nitrogen and oxygen atoms in total. The maximum Gasteiger partial charge on any atom is 0.417 e. The molecule has 1 aliphatic carbocycles. The molecule has 11 heteroatoms. The van der Waals surface area contributed by atoms with Gasteiger partial charge in [0.2, 0.25) is 5.91 Å². The number of anilines is 1. The summed E-state index contributed by atoms with van der Waals surface area (Å²) in [6.07, 6.45) is 1.86. The van der Waals surface area contributed by atoms with Crippen molar-refractivity contribution in [2.24, 2.45) is 0 Å². The number of halogens is 3. The average Bonchev–Trinajstić information content (AvgIpc) is 3.01. The second-order valence-electron chi connectivity index (χ2n) is 9.01. The van der Waals surface area contributed by atoms with E-state index in [4.69, 9.17) is 0 Å². The molecule has 0 bridgehead atoms. The summed E-state index contributed by atoms with van der Waals surface area (Å²) in [6.45, 7) is 1.16. The number of nitrogens with one attached hydrogen (secondary N) is 2. The van der Waals surface area contributed by atoms with Crippen molar-refractivity contribution >= 4 is 23.7 Å². The van der Waals surface area contributed by atoms with Crippen LogP contribution in [0.3, 0.4) is 0 Å². The van der Waals surface area contributed by atoms with Crippen LogP contribution in [0.1, 0.15) is 56.9 Å². The topological polar surface area (TPSA) is 94.6 Å². The Morgan fingerprint density at radius 3 is 2.45 bits per heavy atom. The summed E-state index contributed by atoms with van der Waals surface area (Å²) in [6, 6.07) is 1.88. The molecular weight excluding hydrogens is 439 g/mol. The van der Waals surface area contributed by atoms with Crippen LogP contribution in [0.2, 0.25) is 0 Å². The highest BCUT2D eigenvalue weighted by Gasteiger charge is 2.51. The van der Waals surface area contributed by atoms with Gasteiger partial charge in [-0.1, -0.05) is 19.3 Å². The fourth-order valence-corrected chi connectivity index (χ4v) is 4.88. The second kappa shape index (κ2) is 9.18.